The summed E-state index contributed by atoms with van der Waals surface area (Å²) in [5, 5.41) is 0. The Hall–Kier alpha value is -1.17. The van der Waals surface area contributed by atoms with Gasteiger partial charge in [-0.15, -0.1) is 22.7 Å². The Morgan fingerprint density at radius 3 is 1.48 bits per heavy atom. The third-order valence-electron chi connectivity index (χ3n) is 6.84. The smallest absolute Gasteiger partial charge is 0.209 e. The van der Waals surface area contributed by atoms with Crippen molar-refractivity contribution >= 4 is 42.3 Å². The van der Waals surface area contributed by atoms with Gasteiger partial charge in [0.25, 0.3) is 0 Å². The highest BCUT2D eigenvalue weighted by atomic mass is 32.2. The molecule has 5 heteroatoms. The van der Waals surface area contributed by atoms with Crippen molar-refractivity contribution < 1.29 is 8.42 Å². The maximum Gasteiger partial charge on any atom is 0.209 e. The van der Waals surface area contributed by atoms with Crippen molar-refractivity contribution in [3.05, 3.63) is 55.9 Å². The van der Waals surface area contributed by atoms with Gasteiger partial charge in [-0.25, -0.2) is 8.42 Å². The summed E-state index contributed by atoms with van der Waals surface area (Å²) in [7, 11) is -3.46. The third kappa shape index (κ3) is 6.70. The normalized spacial score (nSPS) is 17.1. The topological polar surface area (TPSA) is 34.1 Å². The van der Waals surface area contributed by atoms with Crippen molar-refractivity contribution in [3.63, 3.8) is 0 Å². The van der Waals surface area contributed by atoms with E-state index in [-0.39, 0.29) is 0 Å². The van der Waals surface area contributed by atoms with Crippen LogP contribution >= 0.6 is 22.7 Å². The minimum atomic E-state index is -3.46. The summed E-state index contributed by atoms with van der Waals surface area (Å²) in [6.07, 6.45) is 15.6. The van der Waals surface area contributed by atoms with Crippen molar-refractivity contribution in [3.8, 4) is 0 Å². The van der Waals surface area contributed by atoms with Crippen LogP contribution in [0, 0.1) is 11.8 Å². The van der Waals surface area contributed by atoms with Crippen LogP contribution in [-0.4, -0.2) is 8.42 Å². The second kappa shape index (κ2) is 12.5. The predicted octanol–water partition coefficient (Wildman–Crippen LogP) is 9.14. The second-order valence-corrected chi connectivity index (χ2v) is 13.6. The van der Waals surface area contributed by atoms with Gasteiger partial charge < -0.3 is 0 Å². The Morgan fingerprint density at radius 1 is 0.697 bits per heavy atom. The molecule has 182 valence electrons. The molecule has 33 heavy (non-hydrogen) atoms. The first-order chi connectivity index (χ1) is 15.9. The molecule has 0 aliphatic carbocycles. The van der Waals surface area contributed by atoms with E-state index in [1.165, 1.54) is 61.1 Å². The second-order valence-electron chi connectivity index (χ2n) is 9.34. The van der Waals surface area contributed by atoms with Crippen molar-refractivity contribution in [2.45, 2.75) is 91.9 Å². The van der Waals surface area contributed by atoms with Crippen LogP contribution in [0.1, 0.15) is 98.6 Å². The Labute approximate surface area is 209 Å². The Morgan fingerprint density at radius 2 is 1.12 bits per heavy atom. The monoisotopic (exact) mass is 504 g/mol. The molecular formula is C28H40O2S3. The van der Waals surface area contributed by atoms with Gasteiger partial charge in [0.15, 0.2) is 0 Å². The van der Waals surface area contributed by atoms with E-state index >= 15 is 0 Å². The van der Waals surface area contributed by atoms with Gasteiger partial charge in [-0.2, -0.15) is 0 Å². The van der Waals surface area contributed by atoms with Crippen molar-refractivity contribution in [2.75, 3.05) is 0 Å². The summed E-state index contributed by atoms with van der Waals surface area (Å²) in [5.74, 6) is 1.38. The average Bonchev–Trinajstić information content (AvgIpc) is 3.52. The molecule has 0 spiro atoms. The molecule has 2 aromatic rings. The number of sulfone groups is 1. The molecule has 1 aliphatic rings. The SMILES string of the molecule is CCCCC(CC)Cc1ccc(C2=CC=C(c3ccc(CC(CC)CCCC)s3)S2(=O)=O)s1. The van der Waals surface area contributed by atoms with Crippen LogP contribution in [-0.2, 0) is 22.7 Å². The summed E-state index contributed by atoms with van der Waals surface area (Å²) in [5.41, 5.74) is 0. The molecule has 2 aromatic heterocycles. The molecular weight excluding hydrogens is 465 g/mol. The fourth-order valence-corrected chi connectivity index (χ4v) is 8.96. The van der Waals surface area contributed by atoms with E-state index in [0.29, 0.717) is 21.6 Å². The number of rotatable bonds is 14. The van der Waals surface area contributed by atoms with E-state index < -0.39 is 9.84 Å². The molecule has 0 saturated carbocycles. The van der Waals surface area contributed by atoms with E-state index in [0.717, 1.165) is 22.6 Å². The first kappa shape index (κ1) is 26.4. The minimum absolute atomic E-state index is 0.472. The van der Waals surface area contributed by atoms with Gasteiger partial charge in [0.1, 0.15) is 0 Å². The highest BCUT2D eigenvalue weighted by molar-refractivity contribution is 8.09. The number of thiophene rings is 2. The van der Waals surface area contributed by atoms with Gasteiger partial charge in [0.05, 0.1) is 9.81 Å². The molecule has 0 radical (unpaired) electrons. The highest BCUT2D eigenvalue weighted by Crippen LogP contribution is 2.42. The standard InChI is InChI=1S/C28H40O2S3/c1-5-9-11-21(7-3)19-23-13-15-25(31-23)27-17-18-28(33(27,29)30)26-16-14-24(32-26)20-22(8-4)12-10-6-2/h13-18,21-22H,5-12,19-20H2,1-4H3. The van der Waals surface area contributed by atoms with Gasteiger partial charge in [-0.05, 0) is 61.1 Å². The van der Waals surface area contributed by atoms with Crippen LogP contribution in [0.15, 0.2) is 36.4 Å². The van der Waals surface area contributed by atoms with Gasteiger partial charge in [-0.3, -0.25) is 0 Å². The van der Waals surface area contributed by atoms with E-state index in [9.17, 15) is 8.42 Å². The lowest BCUT2D eigenvalue weighted by molar-refractivity contribution is 0.452. The van der Waals surface area contributed by atoms with Crippen LogP contribution in [0.4, 0.5) is 0 Å². The van der Waals surface area contributed by atoms with Gasteiger partial charge in [0, 0.05) is 19.5 Å². The maximum atomic E-state index is 13.4. The average molecular weight is 505 g/mol. The number of allylic oxidation sites excluding steroid dienone is 2. The van der Waals surface area contributed by atoms with Crippen molar-refractivity contribution in [1.82, 2.24) is 0 Å². The Bertz CT molecular complexity index is 974. The number of hydrogen-bond acceptors (Lipinski definition) is 4. The van der Waals surface area contributed by atoms with E-state index in [2.05, 4.69) is 39.8 Å². The zero-order valence-electron chi connectivity index (χ0n) is 20.7. The summed E-state index contributed by atoms with van der Waals surface area (Å²) >= 11 is 3.31. The van der Waals surface area contributed by atoms with Crippen LogP contribution in [0.3, 0.4) is 0 Å². The molecule has 0 amide bonds. The molecule has 2 atom stereocenters. The number of hydrogen-bond donors (Lipinski definition) is 0. The predicted molar refractivity (Wildman–Crippen MR) is 148 cm³/mol. The number of unbranched alkanes of at least 4 members (excludes halogenated alkanes) is 2. The molecule has 0 saturated heterocycles. The third-order valence-corrected chi connectivity index (χ3v) is 11.3. The molecule has 2 unspecified atom stereocenters. The fraction of sp³-hybridized carbons (Fsp3) is 0.571. The lowest BCUT2D eigenvalue weighted by Crippen LogP contribution is -2.02. The first-order valence-corrected chi connectivity index (χ1v) is 15.9. The summed E-state index contributed by atoms with van der Waals surface area (Å²) in [6.45, 7) is 9.00. The van der Waals surface area contributed by atoms with Gasteiger partial charge in [0.2, 0.25) is 9.84 Å². The Balaban J connectivity index is 1.68. The van der Waals surface area contributed by atoms with Gasteiger partial charge >= 0.3 is 0 Å². The fourth-order valence-electron chi connectivity index (χ4n) is 4.57. The van der Waals surface area contributed by atoms with E-state index in [1.54, 1.807) is 22.7 Å². The molecule has 3 heterocycles. The molecule has 1 aliphatic heterocycles. The van der Waals surface area contributed by atoms with Crippen LogP contribution < -0.4 is 0 Å². The van der Waals surface area contributed by atoms with Crippen LogP contribution in [0.25, 0.3) is 9.81 Å². The van der Waals surface area contributed by atoms with E-state index in [4.69, 9.17) is 0 Å². The quantitative estimate of drug-likeness (QED) is 0.257. The van der Waals surface area contributed by atoms with Crippen LogP contribution in [0.5, 0.6) is 0 Å². The minimum Gasteiger partial charge on any atom is -0.218 e. The molecule has 0 bridgehead atoms. The Kier molecular flexibility index (Phi) is 10.0. The lowest BCUT2D eigenvalue weighted by atomic mass is 9.95. The zero-order chi connectivity index (χ0) is 23.8. The summed E-state index contributed by atoms with van der Waals surface area (Å²) in [4.78, 5) is 5.30. The molecule has 0 N–H and O–H groups in total. The molecule has 3 rings (SSSR count). The van der Waals surface area contributed by atoms with Crippen LogP contribution in [0.2, 0.25) is 0 Å². The zero-order valence-corrected chi connectivity index (χ0v) is 23.2. The van der Waals surface area contributed by atoms with Gasteiger partial charge in [-0.1, -0.05) is 79.1 Å². The summed E-state index contributed by atoms with van der Waals surface area (Å²) in [6, 6.07) is 8.28. The molecule has 2 nitrogen and oxygen atoms in total. The van der Waals surface area contributed by atoms with E-state index in [1.807, 2.05) is 24.3 Å². The molecule has 0 fully saturated rings. The van der Waals surface area contributed by atoms with Crippen molar-refractivity contribution in [2.24, 2.45) is 11.8 Å². The van der Waals surface area contributed by atoms with Crippen molar-refractivity contribution in [1.29, 1.82) is 0 Å². The summed E-state index contributed by atoms with van der Waals surface area (Å²) < 4.78 is 26.9. The lowest BCUT2D eigenvalue weighted by Gasteiger charge is -2.12. The highest BCUT2D eigenvalue weighted by Gasteiger charge is 2.31. The molecule has 0 aromatic carbocycles. The maximum absolute atomic E-state index is 13.4. The largest absolute Gasteiger partial charge is 0.218 e. The first-order valence-electron chi connectivity index (χ1n) is 12.8.